The first kappa shape index (κ1) is 15.8. The third-order valence-corrected chi connectivity index (χ3v) is 4.25. The molecule has 2 aromatic rings. The summed E-state index contributed by atoms with van der Waals surface area (Å²) in [6.45, 7) is 3.10. The van der Waals surface area contributed by atoms with Gasteiger partial charge < -0.3 is 5.32 Å². The third-order valence-electron chi connectivity index (χ3n) is 3.08. The Morgan fingerprint density at radius 2 is 1.70 bits per heavy atom. The molecule has 1 unspecified atom stereocenters. The molecule has 2 aromatic carbocycles. The van der Waals surface area contributed by atoms with Crippen LogP contribution in [0.3, 0.4) is 0 Å². The van der Waals surface area contributed by atoms with Crippen LogP contribution in [-0.2, 0) is 0 Å². The highest BCUT2D eigenvalue weighted by molar-refractivity contribution is 9.10. The fourth-order valence-corrected chi connectivity index (χ4v) is 3.12. The second-order valence-corrected chi connectivity index (χ2v) is 6.33. The molecule has 0 fully saturated rings. The number of halogens is 3. The molecule has 20 heavy (non-hydrogen) atoms. The second kappa shape index (κ2) is 7.46. The SMILES string of the molecule is CCCNC(c1ccc(Cl)cc1)c1ccc(Cl)cc1Br. The normalized spacial score (nSPS) is 12.4. The lowest BCUT2D eigenvalue weighted by atomic mass is 9.98. The molecule has 0 amide bonds. The molecule has 0 heterocycles. The van der Waals surface area contributed by atoms with Crippen molar-refractivity contribution in [3.8, 4) is 0 Å². The van der Waals surface area contributed by atoms with E-state index in [0.717, 1.165) is 27.5 Å². The molecule has 0 aliphatic carbocycles. The fourth-order valence-electron chi connectivity index (χ4n) is 2.09. The van der Waals surface area contributed by atoms with E-state index in [0.29, 0.717) is 0 Å². The van der Waals surface area contributed by atoms with Crippen molar-refractivity contribution in [3.05, 3.63) is 68.1 Å². The van der Waals surface area contributed by atoms with E-state index in [-0.39, 0.29) is 6.04 Å². The van der Waals surface area contributed by atoms with Gasteiger partial charge in [-0.05, 0) is 48.4 Å². The van der Waals surface area contributed by atoms with Crippen molar-refractivity contribution in [1.82, 2.24) is 5.32 Å². The Labute approximate surface area is 138 Å². The quantitative estimate of drug-likeness (QED) is 0.694. The summed E-state index contributed by atoms with van der Waals surface area (Å²) in [4.78, 5) is 0. The summed E-state index contributed by atoms with van der Waals surface area (Å²) in [5.41, 5.74) is 2.36. The van der Waals surface area contributed by atoms with E-state index in [1.807, 2.05) is 30.3 Å². The van der Waals surface area contributed by atoms with Crippen LogP contribution < -0.4 is 5.32 Å². The minimum absolute atomic E-state index is 0.124. The average Bonchev–Trinajstić information content (AvgIpc) is 2.42. The van der Waals surface area contributed by atoms with Crippen molar-refractivity contribution >= 4 is 39.1 Å². The topological polar surface area (TPSA) is 12.0 Å². The molecule has 1 nitrogen and oxygen atoms in total. The molecule has 0 radical (unpaired) electrons. The van der Waals surface area contributed by atoms with Gasteiger partial charge in [-0.15, -0.1) is 0 Å². The van der Waals surface area contributed by atoms with E-state index < -0.39 is 0 Å². The number of hydrogen-bond donors (Lipinski definition) is 1. The molecule has 0 spiro atoms. The lowest BCUT2D eigenvalue weighted by molar-refractivity contribution is 0.597. The maximum atomic E-state index is 6.02. The first-order valence-electron chi connectivity index (χ1n) is 6.55. The summed E-state index contributed by atoms with van der Waals surface area (Å²) in [6, 6.07) is 14.0. The van der Waals surface area contributed by atoms with Crippen LogP contribution in [0, 0.1) is 0 Å². The van der Waals surface area contributed by atoms with E-state index in [9.17, 15) is 0 Å². The minimum Gasteiger partial charge on any atom is -0.306 e. The van der Waals surface area contributed by atoms with E-state index in [1.165, 1.54) is 11.1 Å². The van der Waals surface area contributed by atoms with Crippen LogP contribution in [0.5, 0.6) is 0 Å². The molecule has 0 bridgehead atoms. The van der Waals surface area contributed by atoms with Crippen LogP contribution in [-0.4, -0.2) is 6.54 Å². The summed E-state index contributed by atoms with van der Waals surface area (Å²) >= 11 is 15.6. The summed E-state index contributed by atoms with van der Waals surface area (Å²) < 4.78 is 1.01. The number of benzene rings is 2. The summed E-state index contributed by atoms with van der Waals surface area (Å²) in [6.07, 6.45) is 1.08. The monoisotopic (exact) mass is 371 g/mol. The van der Waals surface area contributed by atoms with Gasteiger partial charge in [0.1, 0.15) is 0 Å². The summed E-state index contributed by atoms with van der Waals surface area (Å²) in [5.74, 6) is 0. The molecule has 106 valence electrons. The van der Waals surface area contributed by atoms with Crippen LogP contribution in [0.25, 0.3) is 0 Å². The van der Waals surface area contributed by atoms with Gasteiger partial charge >= 0.3 is 0 Å². The standard InChI is InChI=1S/C16H16BrCl2N/c1-2-9-20-16(11-3-5-12(18)6-4-11)14-8-7-13(19)10-15(14)17/h3-8,10,16,20H,2,9H2,1H3. The fraction of sp³-hybridized carbons (Fsp3) is 0.250. The maximum absolute atomic E-state index is 6.02. The van der Waals surface area contributed by atoms with Crippen LogP contribution in [0.1, 0.15) is 30.5 Å². The second-order valence-electron chi connectivity index (χ2n) is 4.60. The zero-order valence-corrected chi connectivity index (χ0v) is 14.3. The van der Waals surface area contributed by atoms with Gasteiger partial charge in [-0.3, -0.25) is 0 Å². The number of hydrogen-bond acceptors (Lipinski definition) is 1. The molecule has 0 aliphatic heterocycles. The Morgan fingerprint density at radius 3 is 2.30 bits per heavy atom. The van der Waals surface area contributed by atoms with Crippen molar-refractivity contribution < 1.29 is 0 Å². The van der Waals surface area contributed by atoms with Gasteiger partial charge in [-0.25, -0.2) is 0 Å². The number of rotatable bonds is 5. The van der Waals surface area contributed by atoms with Crippen LogP contribution in [0.2, 0.25) is 10.0 Å². The molecule has 0 aliphatic rings. The van der Waals surface area contributed by atoms with Crippen molar-refractivity contribution in [2.75, 3.05) is 6.54 Å². The lowest BCUT2D eigenvalue weighted by Crippen LogP contribution is -2.23. The summed E-state index contributed by atoms with van der Waals surface area (Å²) in [5, 5.41) is 5.04. The molecular weight excluding hydrogens is 357 g/mol. The largest absolute Gasteiger partial charge is 0.306 e. The van der Waals surface area contributed by atoms with Gasteiger partial charge in [0.25, 0.3) is 0 Å². The van der Waals surface area contributed by atoms with Gasteiger partial charge in [-0.1, -0.05) is 64.3 Å². The smallest absolute Gasteiger partial charge is 0.0587 e. The average molecular weight is 373 g/mol. The molecule has 0 saturated carbocycles. The van der Waals surface area contributed by atoms with Crippen LogP contribution >= 0.6 is 39.1 Å². The van der Waals surface area contributed by atoms with Crippen molar-refractivity contribution in [2.24, 2.45) is 0 Å². The Morgan fingerprint density at radius 1 is 1.05 bits per heavy atom. The van der Waals surface area contributed by atoms with E-state index in [1.54, 1.807) is 0 Å². The Bertz CT molecular complexity index is 569. The highest BCUT2D eigenvalue weighted by Crippen LogP contribution is 2.31. The van der Waals surface area contributed by atoms with Gasteiger partial charge in [0.15, 0.2) is 0 Å². The van der Waals surface area contributed by atoms with Crippen molar-refractivity contribution in [3.63, 3.8) is 0 Å². The predicted octanol–water partition coefficient (Wildman–Crippen LogP) is 5.84. The first-order valence-corrected chi connectivity index (χ1v) is 8.10. The molecule has 0 aromatic heterocycles. The molecule has 1 atom stereocenters. The van der Waals surface area contributed by atoms with Crippen molar-refractivity contribution in [2.45, 2.75) is 19.4 Å². The van der Waals surface area contributed by atoms with Gasteiger partial charge in [-0.2, -0.15) is 0 Å². The van der Waals surface area contributed by atoms with Crippen molar-refractivity contribution in [1.29, 1.82) is 0 Å². The van der Waals surface area contributed by atoms with Gasteiger partial charge in [0.05, 0.1) is 6.04 Å². The molecule has 4 heteroatoms. The van der Waals surface area contributed by atoms with E-state index in [4.69, 9.17) is 23.2 Å². The third kappa shape index (κ3) is 3.98. The zero-order valence-electron chi connectivity index (χ0n) is 11.2. The Kier molecular flexibility index (Phi) is 5.91. The van der Waals surface area contributed by atoms with E-state index in [2.05, 4.69) is 40.3 Å². The number of nitrogens with one attached hydrogen (secondary N) is 1. The highest BCUT2D eigenvalue weighted by Gasteiger charge is 2.16. The lowest BCUT2D eigenvalue weighted by Gasteiger charge is -2.21. The highest BCUT2D eigenvalue weighted by atomic mass is 79.9. The van der Waals surface area contributed by atoms with Crippen LogP contribution in [0.15, 0.2) is 46.9 Å². The first-order chi connectivity index (χ1) is 9.61. The maximum Gasteiger partial charge on any atom is 0.0587 e. The Balaban J connectivity index is 2.38. The molecule has 0 saturated heterocycles. The zero-order chi connectivity index (χ0) is 14.5. The molecule has 2 rings (SSSR count). The summed E-state index contributed by atoms with van der Waals surface area (Å²) in [7, 11) is 0. The minimum atomic E-state index is 0.124. The van der Waals surface area contributed by atoms with E-state index >= 15 is 0 Å². The van der Waals surface area contributed by atoms with Crippen LogP contribution in [0.4, 0.5) is 0 Å². The Hall–Kier alpha value is -0.540. The predicted molar refractivity (Wildman–Crippen MR) is 90.7 cm³/mol. The van der Waals surface area contributed by atoms with Gasteiger partial charge in [0.2, 0.25) is 0 Å². The van der Waals surface area contributed by atoms with Gasteiger partial charge in [0, 0.05) is 14.5 Å². The molecule has 1 N–H and O–H groups in total. The molecular formula is C16H16BrCl2N.